The predicted molar refractivity (Wildman–Crippen MR) is 93.4 cm³/mol. The summed E-state index contributed by atoms with van der Waals surface area (Å²) in [5.41, 5.74) is 0.677. The van der Waals surface area contributed by atoms with Crippen LogP contribution in [-0.2, 0) is 4.79 Å². The van der Waals surface area contributed by atoms with Crippen molar-refractivity contribution in [3.8, 4) is 23.0 Å². The van der Waals surface area contributed by atoms with Crippen LogP contribution in [0.1, 0.15) is 12.5 Å². The summed E-state index contributed by atoms with van der Waals surface area (Å²) in [4.78, 5) is 11.5. The number of ether oxygens (including phenoxy) is 4. The van der Waals surface area contributed by atoms with E-state index in [-0.39, 0.29) is 5.76 Å². The van der Waals surface area contributed by atoms with E-state index >= 15 is 0 Å². The van der Waals surface area contributed by atoms with Crippen LogP contribution < -0.4 is 18.9 Å². The van der Waals surface area contributed by atoms with Crippen LogP contribution in [0.2, 0.25) is 0 Å². The van der Waals surface area contributed by atoms with E-state index in [9.17, 15) is 9.90 Å². The summed E-state index contributed by atoms with van der Waals surface area (Å²) in [6.45, 7) is 2.46. The lowest BCUT2D eigenvalue weighted by Crippen LogP contribution is -2.07. The highest BCUT2D eigenvalue weighted by Crippen LogP contribution is 2.29. The van der Waals surface area contributed by atoms with Crippen LogP contribution in [0, 0.1) is 0 Å². The number of hydrogen-bond acceptors (Lipinski definition) is 5. The van der Waals surface area contributed by atoms with Crippen LogP contribution in [0.25, 0.3) is 6.08 Å². The second kappa shape index (κ2) is 8.63. The van der Waals surface area contributed by atoms with Gasteiger partial charge in [0, 0.05) is 18.2 Å². The number of methoxy groups -OCH3 is 2. The first-order valence-corrected chi connectivity index (χ1v) is 7.64. The van der Waals surface area contributed by atoms with Crippen LogP contribution in [0.5, 0.6) is 23.0 Å². The van der Waals surface area contributed by atoms with Crippen LogP contribution in [-0.4, -0.2) is 31.9 Å². The molecule has 2 rings (SSSR count). The maximum absolute atomic E-state index is 11.5. The molecule has 0 aliphatic rings. The standard InChI is InChI=1S/C19H20O6/c1-4-24-14-7-5-13(6-8-14)9-18(19(20)21)25-17-11-15(22-2)10-16(12-17)23-3/h5-12H,4H2,1-3H3,(H,20,21). The summed E-state index contributed by atoms with van der Waals surface area (Å²) in [6.07, 6.45) is 1.43. The third kappa shape index (κ3) is 5.17. The highest BCUT2D eigenvalue weighted by molar-refractivity contribution is 5.90. The first-order valence-electron chi connectivity index (χ1n) is 7.64. The summed E-state index contributed by atoms with van der Waals surface area (Å²) in [7, 11) is 3.01. The highest BCUT2D eigenvalue weighted by atomic mass is 16.5. The number of aliphatic carboxylic acids is 1. The van der Waals surface area contributed by atoms with Crippen molar-refractivity contribution >= 4 is 12.0 Å². The summed E-state index contributed by atoms with van der Waals surface area (Å²) in [5, 5.41) is 9.41. The summed E-state index contributed by atoms with van der Waals surface area (Å²) < 4.78 is 21.2. The van der Waals surface area contributed by atoms with E-state index in [2.05, 4.69) is 0 Å². The summed E-state index contributed by atoms with van der Waals surface area (Å²) >= 11 is 0. The Labute approximate surface area is 146 Å². The molecular formula is C19H20O6. The Hall–Kier alpha value is -3.15. The number of hydrogen-bond donors (Lipinski definition) is 1. The van der Waals surface area contributed by atoms with Gasteiger partial charge in [0.1, 0.15) is 23.0 Å². The van der Waals surface area contributed by atoms with Crippen LogP contribution in [0.15, 0.2) is 48.2 Å². The zero-order valence-corrected chi connectivity index (χ0v) is 14.3. The lowest BCUT2D eigenvalue weighted by Gasteiger charge is -2.10. The van der Waals surface area contributed by atoms with E-state index in [1.807, 2.05) is 6.92 Å². The van der Waals surface area contributed by atoms with Gasteiger partial charge in [0.2, 0.25) is 5.76 Å². The van der Waals surface area contributed by atoms with Crippen molar-refractivity contribution in [1.82, 2.24) is 0 Å². The monoisotopic (exact) mass is 344 g/mol. The van der Waals surface area contributed by atoms with Gasteiger partial charge in [-0.3, -0.25) is 0 Å². The molecule has 6 heteroatoms. The zero-order chi connectivity index (χ0) is 18.2. The van der Waals surface area contributed by atoms with Gasteiger partial charge in [0.05, 0.1) is 20.8 Å². The first-order chi connectivity index (χ1) is 12.0. The Morgan fingerprint density at radius 2 is 1.52 bits per heavy atom. The molecule has 25 heavy (non-hydrogen) atoms. The molecule has 0 saturated carbocycles. The van der Waals surface area contributed by atoms with Crippen molar-refractivity contribution in [2.45, 2.75) is 6.92 Å². The quantitative estimate of drug-likeness (QED) is 0.582. The van der Waals surface area contributed by atoms with Gasteiger partial charge < -0.3 is 24.1 Å². The highest BCUT2D eigenvalue weighted by Gasteiger charge is 2.12. The molecule has 0 unspecified atom stereocenters. The number of carboxylic acid groups (broad SMARTS) is 1. The molecule has 6 nitrogen and oxygen atoms in total. The van der Waals surface area contributed by atoms with Gasteiger partial charge in [0.15, 0.2) is 0 Å². The number of carbonyl (C=O) groups is 1. The number of rotatable bonds is 8. The maximum Gasteiger partial charge on any atom is 0.371 e. The van der Waals surface area contributed by atoms with E-state index in [0.717, 1.165) is 5.75 Å². The van der Waals surface area contributed by atoms with Crippen molar-refractivity contribution < 1.29 is 28.8 Å². The van der Waals surface area contributed by atoms with E-state index in [0.29, 0.717) is 29.4 Å². The van der Waals surface area contributed by atoms with Crippen LogP contribution in [0.4, 0.5) is 0 Å². The molecule has 0 fully saturated rings. The third-order valence-corrected chi connectivity index (χ3v) is 3.25. The molecule has 2 aromatic rings. The molecule has 0 amide bonds. The van der Waals surface area contributed by atoms with Crippen molar-refractivity contribution in [2.75, 3.05) is 20.8 Å². The molecule has 0 radical (unpaired) electrons. The second-order valence-corrected chi connectivity index (χ2v) is 4.97. The summed E-state index contributed by atoms with van der Waals surface area (Å²) in [5.74, 6) is 0.612. The van der Waals surface area contributed by atoms with E-state index in [1.54, 1.807) is 42.5 Å². The van der Waals surface area contributed by atoms with E-state index in [4.69, 9.17) is 18.9 Å². The average molecular weight is 344 g/mol. The fourth-order valence-corrected chi connectivity index (χ4v) is 2.08. The fraction of sp³-hybridized carbons (Fsp3) is 0.211. The van der Waals surface area contributed by atoms with Gasteiger partial charge in [-0.05, 0) is 30.7 Å². The van der Waals surface area contributed by atoms with Gasteiger partial charge in [-0.2, -0.15) is 0 Å². The van der Waals surface area contributed by atoms with E-state index in [1.165, 1.54) is 20.3 Å². The van der Waals surface area contributed by atoms with Gasteiger partial charge in [0.25, 0.3) is 0 Å². The van der Waals surface area contributed by atoms with Crippen molar-refractivity contribution in [3.63, 3.8) is 0 Å². The minimum absolute atomic E-state index is 0.223. The third-order valence-electron chi connectivity index (χ3n) is 3.25. The SMILES string of the molecule is CCOc1ccc(C=C(Oc2cc(OC)cc(OC)c2)C(=O)O)cc1. The van der Waals surface area contributed by atoms with Crippen LogP contribution in [0.3, 0.4) is 0 Å². The molecule has 2 aromatic carbocycles. The van der Waals surface area contributed by atoms with Crippen molar-refractivity contribution in [3.05, 3.63) is 53.8 Å². The lowest BCUT2D eigenvalue weighted by atomic mass is 10.2. The molecular weight excluding hydrogens is 324 g/mol. The lowest BCUT2D eigenvalue weighted by molar-refractivity contribution is -0.134. The Kier molecular flexibility index (Phi) is 6.28. The van der Waals surface area contributed by atoms with E-state index < -0.39 is 5.97 Å². The average Bonchev–Trinajstić information content (AvgIpc) is 2.62. The Morgan fingerprint density at radius 1 is 0.960 bits per heavy atom. The normalized spacial score (nSPS) is 10.9. The Morgan fingerprint density at radius 3 is 2.00 bits per heavy atom. The predicted octanol–water partition coefficient (Wildman–Crippen LogP) is 3.61. The largest absolute Gasteiger partial charge is 0.496 e. The second-order valence-electron chi connectivity index (χ2n) is 4.97. The molecule has 0 aromatic heterocycles. The number of benzene rings is 2. The Bertz CT molecular complexity index is 727. The molecule has 132 valence electrons. The van der Waals surface area contributed by atoms with Crippen molar-refractivity contribution in [1.29, 1.82) is 0 Å². The first kappa shape index (κ1) is 18.2. The zero-order valence-electron chi connectivity index (χ0n) is 14.3. The maximum atomic E-state index is 11.5. The molecule has 0 spiro atoms. The topological polar surface area (TPSA) is 74.2 Å². The molecule has 0 bridgehead atoms. The minimum atomic E-state index is -1.18. The van der Waals surface area contributed by atoms with Crippen molar-refractivity contribution in [2.24, 2.45) is 0 Å². The van der Waals surface area contributed by atoms with Gasteiger partial charge >= 0.3 is 5.97 Å². The molecule has 0 heterocycles. The molecule has 0 atom stereocenters. The number of carboxylic acids is 1. The fourth-order valence-electron chi connectivity index (χ4n) is 2.08. The summed E-state index contributed by atoms with van der Waals surface area (Å²) in [6, 6.07) is 11.9. The van der Waals surface area contributed by atoms with Crippen LogP contribution >= 0.6 is 0 Å². The molecule has 0 aliphatic carbocycles. The molecule has 0 saturated heterocycles. The van der Waals surface area contributed by atoms with Gasteiger partial charge in [-0.15, -0.1) is 0 Å². The minimum Gasteiger partial charge on any atom is -0.496 e. The van der Waals surface area contributed by atoms with Gasteiger partial charge in [-0.25, -0.2) is 4.79 Å². The molecule has 0 aliphatic heterocycles. The van der Waals surface area contributed by atoms with Gasteiger partial charge in [-0.1, -0.05) is 12.1 Å². The molecule has 1 N–H and O–H groups in total. The smallest absolute Gasteiger partial charge is 0.371 e. The Balaban J connectivity index is 2.27.